The predicted octanol–water partition coefficient (Wildman–Crippen LogP) is 3.36. The van der Waals surface area contributed by atoms with Crippen molar-refractivity contribution in [2.24, 2.45) is 0 Å². The Labute approximate surface area is 159 Å². The summed E-state index contributed by atoms with van der Waals surface area (Å²) in [5.74, 6) is 1.62. The van der Waals surface area contributed by atoms with E-state index in [1.54, 1.807) is 18.3 Å². The molecular weight excluding hydrogens is 348 g/mol. The van der Waals surface area contributed by atoms with Crippen molar-refractivity contribution in [3.05, 3.63) is 30.2 Å². The number of carbonyl (C=O) groups is 1. The molecule has 0 saturated carbocycles. The normalized spacial score (nSPS) is 10.2. The van der Waals surface area contributed by atoms with E-state index in [0.717, 1.165) is 25.8 Å². The number of nitrogens with zero attached hydrogens (tertiary/aromatic N) is 2. The summed E-state index contributed by atoms with van der Waals surface area (Å²) in [6.45, 7) is 2.99. The zero-order chi connectivity index (χ0) is 19.6. The van der Waals surface area contributed by atoms with Crippen LogP contribution in [0, 0.1) is 0 Å². The second kappa shape index (κ2) is 10.2. The molecule has 2 rings (SSSR count). The molecule has 146 valence electrons. The van der Waals surface area contributed by atoms with Crippen LogP contribution in [0.15, 0.2) is 24.5 Å². The lowest BCUT2D eigenvalue weighted by Crippen LogP contribution is -2.15. The van der Waals surface area contributed by atoms with Gasteiger partial charge in [-0.05, 0) is 6.42 Å². The number of rotatable bonds is 10. The average molecular weight is 374 g/mol. The third-order valence-electron chi connectivity index (χ3n) is 3.89. The molecule has 1 heterocycles. The van der Waals surface area contributed by atoms with Crippen LogP contribution in [-0.2, 0) is 0 Å². The van der Waals surface area contributed by atoms with Crippen LogP contribution in [0.3, 0.4) is 0 Å². The smallest absolute Gasteiger partial charge is 0.275 e. The molecular formula is C19H26N4O4. The lowest BCUT2D eigenvalue weighted by atomic mass is 10.2. The number of nitrogens with one attached hydrogen (secondary N) is 2. The largest absolute Gasteiger partial charge is 0.493 e. The molecule has 1 aromatic heterocycles. The van der Waals surface area contributed by atoms with E-state index in [1.807, 2.05) is 0 Å². The minimum absolute atomic E-state index is 0.211. The highest BCUT2D eigenvalue weighted by atomic mass is 16.5. The van der Waals surface area contributed by atoms with Gasteiger partial charge in [0.1, 0.15) is 11.5 Å². The average Bonchev–Trinajstić information content (AvgIpc) is 2.70. The zero-order valence-electron chi connectivity index (χ0n) is 16.2. The molecule has 0 bridgehead atoms. The van der Waals surface area contributed by atoms with E-state index in [9.17, 15) is 4.79 Å². The molecule has 8 heteroatoms. The number of aromatic nitrogens is 2. The van der Waals surface area contributed by atoms with Crippen molar-refractivity contribution < 1.29 is 19.0 Å². The fourth-order valence-electron chi connectivity index (χ4n) is 2.48. The van der Waals surface area contributed by atoms with Crippen molar-refractivity contribution in [1.29, 1.82) is 0 Å². The second-order valence-corrected chi connectivity index (χ2v) is 5.79. The lowest BCUT2D eigenvalue weighted by molar-refractivity contribution is 0.102. The van der Waals surface area contributed by atoms with Crippen LogP contribution in [0.4, 0.5) is 11.5 Å². The van der Waals surface area contributed by atoms with Gasteiger partial charge < -0.3 is 24.8 Å². The maximum Gasteiger partial charge on any atom is 0.275 e. The van der Waals surface area contributed by atoms with Crippen LogP contribution in [0.1, 0.15) is 36.7 Å². The number of benzene rings is 1. The molecule has 2 N–H and O–H groups in total. The molecule has 0 atom stereocenters. The van der Waals surface area contributed by atoms with E-state index >= 15 is 0 Å². The van der Waals surface area contributed by atoms with Crippen molar-refractivity contribution in [2.45, 2.75) is 26.2 Å². The van der Waals surface area contributed by atoms with Gasteiger partial charge in [-0.2, -0.15) is 0 Å². The van der Waals surface area contributed by atoms with Crippen LogP contribution in [0.2, 0.25) is 0 Å². The third-order valence-corrected chi connectivity index (χ3v) is 3.89. The number of methoxy groups -OCH3 is 3. The standard InChI is InChI=1S/C19H26N4O4/c1-5-6-7-8-20-17-12-21-14(11-22-17)19(24)23-13-9-15(25-2)18(27-4)16(10-13)26-3/h9-12H,5-8H2,1-4H3,(H,20,22)(H,23,24). The molecule has 0 aliphatic heterocycles. The van der Waals surface area contributed by atoms with Gasteiger partial charge in [0.15, 0.2) is 11.5 Å². The number of anilines is 2. The van der Waals surface area contributed by atoms with Gasteiger partial charge >= 0.3 is 0 Å². The van der Waals surface area contributed by atoms with Crippen LogP contribution in [0.25, 0.3) is 0 Å². The van der Waals surface area contributed by atoms with Crippen molar-refractivity contribution in [3.8, 4) is 17.2 Å². The monoisotopic (exact) mass is 374 g/mol. The Kier molecular flexibility index (Phi) is 7.66. The highest BCUT2D eigenvalue weighted by molar-refractivity contribution is 6.03. The summed E-state index contributed by atoms with van der Waals surface area (Å²) in [4.78, 5) is 20.8. The van der Waals surface area contributed by atoms with Gasteiger partial charge in [0.05, 0.1) is 33.7 Å². The van der Waals surface area contributed by atoms with Gasteiger partial charge in [0, 0.05) is 24.4 Å². The van der Waals surface area contributed by atoms with E-state index in [0.29, 0.717) is 28.8 Å². The number of ether oxygens (including phenoxy) is 3. The summed E-state index contributed by atoms with van der Waals surface area (Å²) < 4.78 is 15.8. The van der Waals surface area contributed by atoms with E-state index in [1.165, 1.54) is 27.5 Å². The van der Waals surface area contributed by atoms with Crippen LogP contribution in [-0.4, -0.2) is 43.7 Å². The topological polar surface area (TPSA) is 94.6 Å². The molecule has 0 fully saturated rings. The number of amides is 1. The Morgan fingerprint density at radius 3 is 2.22 bits per heavy atom. The minimum atomic E-state index is -0.380. The lowest BCUT2D eigenvalue weighted by Gasteiger charge is -2.14. The minimum Gasteiger partial charge on any atom is -0.493 e. The molecule has 0 aliphatic rings. The Balaban J connectivity index is 2.06. The maximum atomic E-state index is 12.4. The Bertz CT molecular complexity index is 725. The highest BCUT2D eigenvalue weighted by Crippen LogP contribution is 2.39. The molecule has 2 aromatic rings. The Hall–Kier alpha value is -3.03. The Morgan fingerprint density at radius 1 is 1.00 bits per heavy atom. The molecule has 0 spiro atoms. The van der Waals surface area contributed by atoms with E-state index in [2.05, 4.69) is 27.5 Å². The molecule has 0 aliphatic carbocycles. The van der Waals surface area contributed by atoms with Gasteiger partial charge in [-0.1, -0.05) is 19.8 Å². The first kappa shape index (κ1) is 20.3. The molecule has 0 saturated heterocycles. The van der Waals surface area contributed by atoms with Gasteiger partial charge in [-0.15, -0.1) is 0 Å². The molecule has 8 nitrogen and oxygen atoms in total. The maximum absolute atomic E-state index is 12.4. The quantitative estimate of drug-likeness (QED) is 0.616. The highest BCUT2D eigenvalue weighted by Gasteiger charge is 2.15. The summed E-state index contributed by atoms with van der Waals surface area (Å²) in [5.41, 5.74) is 0.709. The molecule has 0 radical (unpaired) electrons. The summed E-state index contributed by atoms with van der Waals surface area (Å²) in [7, 11) is 4.55. The fourth-order valence-corrected chi connectivity index (χ4v) is 2.48. The summed E-state index contributed by atoms with van der Waals surface area (Å²) >= 11 is 0. The fraction of sp³-hybridized carbons (Fsp3) is 0.421. The number of unbranched alkanes of at least 4 members (excludes halogenated alkanes) is 2. The van der Waals surface area contributed by atoms with Crippen molar-refractivity contribution in [3.63, 3.8) is 0 Å². The first-order valence-corrected chi connectivity index (χ1v) is 8.80. The van der Waals surface area contributed by atoms with Crippen LogP contribution >= 0.6 is 0 Å². The molecule has 0 unspecified atom stereocenters. The van der Waals surface area contributed by atoms with Crippen LogP contribution < -0.4 is 24.8 Å². The number of hydrogen-bond donors (Lipinski definition) is 2. The van der Waals surface area contributed by atoms with Crippen LogP contribution in [0.5, 0.6) is 17.2 Å². The first-order valence-electron chi connectivity index (χ1n) is 8.80. The van der Waals surface area contributed by atoms with E-state index in [4.69, 9.17) is 14.2 Å². The number of carbonyl (C=O) groups excluding carboxylic acids is 1. The summed E-state index contributed by atoms with van der Waals surface area (Å²) in [6.07, 6.45) is 6.39. The van der Waals surface area contributed by atoms with E-state index in [-0.39, 0.29) is 11.6 Å². The van der Waals surface area contributed by atoms with Crippen molar-refractivity contribution in [1.82, 2.24) is 9.97 Å². The third kappa shape index (κ3) is 5.47. The summed E-state index contributed by atoms with van der Waals surface area (Å²) in [6, 6.07) is 3.30. The molecule has 27 heavy (non-hydrogen) atoms. The van der Waals surface area contributed by atoms with Crippen molar-refractivity contribution >= 4 is 17.4 Å². The van der Waals surface area contributed by atoms with Gasteiger partial charge in [0.25, 0.3) is 5.91 Å². The summed E-state index contributed by atoms with van der Waals surface area (Å²) in [5, 5.41) is 5.95. The van der Waals surface area contributed by atoms with E-state index < -0.39 is 0 Å². The zero-order valence-corrected chi connectivity index (χ0v) is 16.2. The Morgan fingerprint density at radius 2 is 1.70 bits per heavy atom. The predicted molar refractivity (Wildman–Crippen MR) is 104 cm³/mol. The first-order chi connectivity index (χ1) is 13.1. The van der Waals surface area contributed by atoms with Gasteiger partial charge in [-0.3, -0.25) is 4.79 Å². The van der Waals surface area contributed by atoms with Crippen molar-refractivity contribution in [2.75, 3.05) is 38.5 Å². The van der Waals surface area contributed by atoms with Gasteiger partial charge in [0.2, 0.25) is 5.75 Å². The van der Waals surface area contributed by atoms with Gasteiger partial charge in [-0.25, -0.2) is 9.97 Å². The molecule has 1 aromatic carbocycles. The number of hydrogen-bond acceptors (Lipinski definition) is 7. The SMILES string of the molecule is CCCCCNc1cnc(C(=O)Nc2cc(OC)c(OC)c(OC)c2)cn1. The second-order valence-electron chi connectivity index (χ2n) is 5.79. The molecule has 1 amide bonds.